The molecule has 0 aliphatic carbocycles. The van der Waals surface area contributed by atoms with Crippen molar-refractivity contribution in [2.75, 3.05) is 0 Å². The van der Waals surface area contributed by atoms with Gasteiger partial charge in [0.15, 0.2) is 0 Å². The Kier molecular flexibility index (Phi) is 9.66. The topological polar surface area (TPSA) is 39.6 Å². The van der Waals surface area contributed by atoms with Gasteiger partial charge in [-0.15, -0.1) is 6.42 Å². The van der Waals surface area contributed by atoms with Gasteiger partial charge in [-0.05, 0) is 35.7 Å². The molecule has 0 bridgehead atoms. The molecule has 3 rings (SSSR count). The van der Waals surface area contributed by atoms with Gasteiger partial charge >= 0.3 is 0 Å². The molecule has 0 unspecified atom stereocenters. The van der Waals surface area contributed by atoms with Crippen molar-refractivity contribution >= 4 is 28.6 Å². The SMILES string of the molecule is C#C/C(=C(\C)C#N)c1cccc(/C=C/c2c[nH]c3ccccc23)c1.CC.CC. The summed E-state index contributed by atoms with van der Waals surface area (Å²) in [5.41, 5.74) is 5.37. The van der Waals surface area contributed by atoms with Crippen LogP contribution < -0.4 is 0 Å². The minimum atomic E-state index is 0.551. The average Bonchev–Trinajstić information content (AvgIpc) is 3.19. The number of aromatic nitrogens is 1. The first kappa shape index (κ1) is 22.6. The Balaban J connectivity index is 0.000000921. The van der Waals surface area contributed by atoms with Gasteiger partial charge in [-0.25, -0.2) is 0 Å². The molecule has 3 aromatic rings. The Bertz CT molecular complexity index is 1030. The standard InChI is InChI=1S/C22H16N2.2C2H6/c1-3-20(16(2)14-23)18-8-6-7-17(13-18)11-12-19-15-24-22-10-5-4-9-21(19)22;2*1-2/h1,4-13,15,24H,2H3;2*1-2H3/b12-11+,20-16-;;. The van der Waals surface area contributed by atoms with Crippen molar-refractivity contribution in [3.63, 3.8) is 0 Å². The Hall–Kier alpha value is -3.49. The van der Waals surface area contributed by atoms with E-state index in [0.717, 1.165) is 22.2 Å². The maximum atomic E-state index is 9.08. The lowest BCUT2D eigenvalue weighted by Crippen LogP contribution is -1.86. The van der Waals surface area contributed by atoms with Crippen LogP contribution in [0, 0.1) is 23.7 Å². The quantitative estimate of drug-likeness (QED) is 0.382. The number of para-hydroxylation sites is 1. The highest BCUT2D eigenvalue weighted by Crippen LogP contribution is 2.22. The van der Waals surface area contributed by atoms with Gasteiger partial charge in [0.2, 0.25) is 0 Å². The average molecular weight is 369 g/mol. The van der Waals surface area contributed by atoms with E-state index < -0.39 is 0 Å². The maximum Gasteiger partial charge on any atom is 0.0957 e. The van der Waals surface area contributed by atoms with Crippen molar-refractivity contribution < 1.29 is 0 Å². The second-order valence-electron chi connectivity index (χ2n) is 5.50. The summed E-state index contributed by atoms with van der Waals surface area (Å²) in [5, 5.41) is 10.3. The Morgan fingerprint density at radius 3 is 2.39 bits per heavy atom. The zero-order chi connectivity index (χ0) is 20.9. The summed E-state index contributed by atoms with van der Waals surface area (Å²) in [6.07, 6.45) is 11.7. The van der Waals surface area contributed by atoms with E-state index >= 15 is 0 Å². The molecule has 0 fully saturated rings. The van der Waals surface area contributed by atoms with E-state index in [9.17, 15) is 0 Å². The van der Waals surface area contributed by atoms with Gasteiger partial charge in [0.05, 0.1) is 6.07 Å². The Labute approximate surface area is 169 Å². The van der Waals surface area contributed by atoms with Gasteiger partial charge in [-0.3, -0.25) is 0 Å². The van der Waals surface area contributed by atoms with E-state index in [1.165, 1.54) is 5.39 Å². The summed E-state index contributed by atoms with van der Waals surface area (Å²) >= 11 is 0. The van der Waals surface area contributed by atoms with Crippen LogP contribution in [0.4, 0.5) is 0 Å². The second-order valence-corrected chi connectivity index (χ2v) is 5.50. The normalized spacial score (nSPS) is 10.7. The molecule has 142 valence electrons. The molecule has 0 saturated heterocycles. The lowest BCUT2D eigenvalue weighted by atomic mass is 9.99. The van der Waals surface area contributed by atoms with Crippen LogP contribution in [0.1, 0.15) is 51.3 Å². The molecule has 0 radical (unpaired) electrons. The van der Waals surface area contributed by atoms with Gasteiger partial charge in [-0.1, -0.05) is 82.2 Å². The maximum absolute atomic E-state index is 9.08. The summed E-state index contributed by atoms with van der Waals surface area (Å²) in [7, 11) is 0. The predicted molar refractivity (Wildman–Crippen MR) is 123 cm³/mol. The molecular formula is C26H28N2. The Morgan fingerprint density at radius 2 is 1.71 bits per heavy atom. The number of aromatic amines is 1. The van der Waals surface area contributed by atoms with Crippen LogP contribution in [-0.4, -0.2) is 4.98 Å². The third-order valence-electron chi connectivity index (χ3n) is 3.94. The number of rotatable bonds is 3. The van der Waals surface area contributed by atoms with E-state index in [0.29, 0.717) is 11.1 Å². The van der Waals surface area contributed by atoms with E-state index in [1.807, 2.05) is 70.3 Å². The minimum absolute atomic E-state index is 0.551. The third-order valence-corrected chi connectivity index (χ3v) is 3.94. The molecule has 0 aliphatic heterocycles. The van der Waals surface area contributed by atoms with Gasteiger partial charge in [0.25, 0.3) is 0 Å². The number of terminal acetylenes is 1. The van der Waals surface area contributed by atoms with Crippen LogP contribution in [0.25, 0.3) is 28.6 Å². The molecular weight excluding hydrogens is 340 g/mol. The van der Waals surface area contributed by atoms with Crippen molar-refractivity contribution in [1.82, 2.24) is 4.98 Å². The number of allylic oxidation sites excluding steroid dienone is 2. The number of hydrogen-bond acceptors (Lipinski definition) is 1. The first-order chi connectivity index (χ1) is 13.7. The first-order valence-corrected chi connectivity index (χ1v) is 9.65. The van der Waals surface area contributed by atoms with Crippen molar-refractivity contribution in [1.29, 1.82) is 5.26 Å². The third kappa shape index (κ3) is 5.50. The van der Waals surface area contributed by atoms with E-state index in [1.54, 1.807) is 6.92 Å². The predicted octanol–water partition coefficient (Wildman–Crippen LogP) is 7.32. The number of hydrogen-bond donors (Lipinski definition) is 1. The van der Waals surface area contributed by atoms with E-state index in [4.69, 9.17) is 11.7 Å². The number of H-pyrrole nitrogens is 1. The fourth-order valence-electron chi connectivity index (χ4n) is 2.68. The number of nitrogens with one attached hydrogen (secondary N) is 1. The molecule has 28 heavy (non-hydrogen) atoms. The number of fused-ring (bicyclic) bond motifs is 1. The summed E-state index contributed by atoms with van der Waals surface area (Å²) in [6, 6.07) is 18.2. The highest BCUT2D eigenvalue weighted by atomic mass is 14.7. The van der Waals surface area contributed by atoms with Gasteiger partial charge in [0.1, 0.15) is 0 Å². The zero-order valence-electron chi connectivity index (χ0n) is 17.4. The highest BCUT2D eigenvalue weighted by molar-refractivity contribution is 5.91. The molecule has 1 aromatic heterocycles. The number of benzene rings is 2. The lowest BCUT2D eigenvalue weighted by molar-refractivity contribution is 1.44. The highest BCUT2D eigenvalue weighted by Gasteiger charge is 2.04. The minimum Gasteiger partial charge on any atom is -0.361 e. The van der Waals surface area contributed by atoms with Crippen molar-refractivity contribution in [2.45, 2.75) is 34.6 Å². The fraction of sp³-hybridized carbons (Fsp3) is 0.192. The summed E-state index contributed by atoms with van der Waals surface area (Å²) in [4.78, 5) is 3.26. The summed E-state index contributed by atoms with van der Waals surface area (Å²) < 4.78 is 0. The van der Waals surface area contributed by atoms with Crippen LogP contribution in [0.2, 0.25) is 0 Å². The molecule has 2 aromatic carbocycles. The Morgan fingerprint density at radius 1 is 1.00 bits per heavy atom. The summed E-state index contributed by atoms with van der Waals surface area (Å²) in [5.74, 6) is 2.62. The zero-order valence-corrected chi connectivity index (χ0v) is 17.4. The van der Waals surface area contributed by atoms with Gasteiger partial charge < -0.3 is 4.98 Å². The molecule has 0 aliphatic rings. The molecule has 2 nitrogen and oxygen atoms in total. The molecule has 0 saturated carbocycles. The number of nitrogens with zero attached hydrogens (tertiary/aromatic N) is 1. The van der Waals surface area contributed by atoms with Crippen LogP contribution in [0.5, 0.6) is 0 Å². The van der Waals surface area contributed by atoms with Crippen molar-refractivity contribution in [2.24, 2.45) is 0 Å². The molecule has 1 heterocycles. The first-order valence-electron chi connectivity index (χ1n) is 9.65. The molecule has 0 spiro atoms. The lowest BCUT2D eigenvalue weighted by Gasteiger charge is -2.03. The molecule has 1 N–H and O–H groups in total. The largest absolute Gasteiger partial charge is 0.361 e. The van der Waals surface area contributed by atoms with Crippen LogP contribution >= 0.6 is 0 Å². The molecule has 2 heteroatoms. The fourth-order valence-corrected chi connectivity index (χ4v) is 2.68. The van der Waals surface area contributed by atoms with Crippen LogP contribution in [0.15, 0.2) is 60.3 Å². The second kappa shape index (κ2) is 12.0. The van der Waals surface area contributed by atoms with Crippen LogP contribution in [-0.2, 0) is 0 Å². The monoisotopic (exact) mass is 368 g/mol. The van der Waals surface area contributed by atoms with E-state index in [2.05, 4.69) is 41.3 Å². The van der Waals surface area contributed by atoms with Crippen molar-refractivity contribution in [3.05, 3.63) is 77.0 Å². The van der Waals surface area contributed by atoms with Crippen molar-refractivity contribution in [3.8, 4) is 18.4 Å². The van der Waals surface area contributed by atoms with Gasteiger partial charge in [-0.2, -0.15) is 5.26 Å². The number of nitriles is 1. The smallest absolute Gasteiger partial charge is 0.0957 e. The van der Waals surface area contributed by atoms with E-state index in [-0.39, 0.29) is 0 Å². The van der Waals surface area contributed by atoms with Crippen LogP contribution in [0.3, 0.4) is 0 Å². The summed E-state index contributed by atoms with van der Waals surface area (Å²) in [6.45, 7) is 9.74. The molecule has 0 atom stereocenters. The van der Waals surface area contributed by atoms with Gasteiger partial charge in [0, 0.05) is 28.2 Å². The molecule has 0 amide bonds.